The van der Waals surface area contributed by atoms with E-state index in [2.05, 4.69) is 0 Å². The van der Waals surface area contributed by atoms with E-state index in [9.17, 15) is 19.2 Å². The molecule has 7 nitrogen and oxygen atoms in total. The van der Waals surface area contributed by atoms with Gasteiger partial charge < -0.3 is 4.74 Å². The number of amides is 5. The summed E-state index contributed by atoms with van der Waals surface area (Å²) >= 11 is 0. The fourth-order valence-corrected chi connectivity index (χ4v) is 1.25. The van der Waals surface area contributed by atoms with Crippen molar-refractivity contribution in [2.24, 2.45) is 5.92 Å². The van der Waals surface area contributed by atoms with E-state index in [0.717, 1.165) is 0 Å². The molecule has 0 unspecified atom stereocenters. The number of ether oxygens (including phenoxy) is 1. The molecule has 0 radical (unpaired) electrons. The zero-order valence-electron chi connectivity index (χ0n) is 9.93. The zero-order chi connectivity index (χ0) is 13.2. The van der Waals surface area contributed by atoms with Crippen molar-refractivity contribution in [3.63, 3.8) is 0 Å². The Morgan fingerprint density at radius 3 is 2.24 bits per heavy atom. The van der Waals surface area contributed by atoms with Gasteiger partial charge in [-0.05, 0) is 12.8 Å². The van der Waals surface area contributed by atoms with Crippen LogP contribution in [-0.2, 0) is 14.3 Å². The van der Waals surface area contributed by atoms with Gasteiger partial charge in [-0.25, -0.2) is 9.59 Å². The maximum atomic E-state index is 11.6. The van der Waals surface area contributed by atoms with E-state index in [1.165, 1.54) is 6.92 Å². The third-order valence-corrected chi connectivity index (χ3v) is 2.09. The molecule has 7 heteroatoms. The van der Waals surface area contributed by atoms with Gasteiger partial charge in [0.1, 0.15) is 0 Å². The Labute approximate surface area is 98.3 Å². The van der Waals surface area contributed by atoms with Gasteiger partial charge in [0.05, 0.1) is 6.61 Å². The molecular formula is C10H14N2O5. The molecule has 1 fully saturated rings. The van der Waals surface area contributed by atoms with Gasteiger partial charge in [0, 0.05) is 6.54 Å². The lowest BCUT2D eigenvalue weighted by Gasteiger charge is -2.13. The van der Waals surface area contributed by atoms with Crippen LogP contribution in [0, 0.1) is 5.92 Å². The quantitative estimate of drug-likeness (QED) is 0.534. The summed E-state index contributed by atoms with van der Waals surface area (Å²) < 4.78 is 4.74. The van der Waals surface area contributed by atoms with E-state index in [-0.39, 0.29) is 24.0 Å². The number of imide groups is 4. The number of rotatable bonds is 3. The minimum atomic E-state index is -1.16. The highest BCUT2D eigenvalue weighted by atomic mass is 16.6. The summed E-state index contributed by atoms with van der Waals surface area (Å²) in [6, 6.07) is -0.948. The first-order chi connectivity index (χ1) is 7.90. The first-order valence-electron chi connectivity index (χ1n) is 5.26. The molecule has 1 aliphatic rings. The van der Waals surface area contributed by atoms with Gasteiger partial charge in [-0.2, -0.15) is 4.90 Å². The summed E-state index contributed by atoms with van der Waals surface area (Å²) in [5.41, 5.74) is 0. The van der Waals surface area contributed by atoms with E-state index < -0.39 is 23.9 Å². The molecular weight excluding hydrogens is 228 g/mol. The molecule has 0 N–H and O–H groups in total. The summed E-state index contributed by atoms with van der Waals surface area (Å²) in [4.78, 5) is 46.6. The lowest BCUT2D eigenvalue weighted by atomic mass is 10.2. The monoisotopic (exact) mass is 242 g/mol. The highest BCUT2D eigenvalue weighted by Crippen LogP contribution is 2.13. The molecule has 0 aromatic heterocycles. The van der Waals surface area contributed by atoms with Gasteiger partial charge in [0.25, 0.3) is 0 Å². The molecule has 1 saturated heterocycles. The van der Waals surface area contributed by atoms with Crippen molar-refractivity contribution in [3.8, 4) is 0 Å². The van der Waals surface area contributed by atoms with Crippen LogP contribution in [-0.4, -0.2) is 46.9 Å². The van der Waals surface area contributed by atoms with Crippen molar-refractivity contribution in [3.05, 3.63) is 0 Å². The molecule has 1 heterocycles. The molecule has 0 spiro atoms. The van der Waals surface area contributed by atoms with Crippen molar-refractivity contribution in [2.45, 2.75) is 20.8 Å². The average Bonchev–Trinajstić information content (AvgIpc) is 2.47. The highest BCUT2D eigenvalue weighted by Gasteiger charge is 2.48. The molecule has 0 aromatic rings. The second kappa shape index (κ2) is 4.94. The van der Waals surface area contributed by atoms with Gasteiger partial charge in [0.2, 0.25) is 0 Å². The molecule has 1 rings (SSSR count). The van der Waals surface area contributed by atoms with Crippen LogP contribution in [0.25, 0.3) is 0 Å². The van der Waals surface area contributed by atoms with E-state index in [1.54, 1.807) is 0 Å². The van der Waals surface area contributed by atoms with Crippen molar-refractivity contribution >= 4 is 23.9 Å². The first kappa shape index (κ1) is 13.1. The maximum absolute atomic E-state index is 11.6. The van der Waals surface area contributed by atoms with Crippen LogP contribution in [0.5, 0.6) is 0 Å². The number of urea groups is 1. The van der Waals surface area contributed by atoms with Crippen LogP contribution >= 0.6 is 0 Å². The largest absolute Gasteiger partial charge is 0.448 e. The van der Waals surface area contributed by atoms with Gasteiger partial charge in [0.15, 0.2) is 0 Å². The van der Waals surface area contributed by atoms with Gasteiger partial charge in [-0.15, -0.1) is 0 Å². The van der Waals surface area contributed by atoms with Crippen LogP contribution in [0.2, 0.25) is 0 Å². The standard InChI is InChI=1S/C10H14N2O5/c1-4-11-7(13)8(14)12(9(11)15)10(16)17-5-6(2)3/h6H,4-5H2,1-3H3. The van der Waals surface area contributed by atoms with Crippen molar-refractivity contribution in [2.75, 3.05) is 13.2 Å². The molecule has 0 saturated carbocycles. The zero-order valence-corrected chi connectivity index (χ0v) is 9.93. The lowest BCUT2D eigenvalue weighted by molar-refractivity contribution is -0.142. The normalized spacial score (nSPS) is 16.1. The smallest absolute Gasteiger partial charge is 0.425 e. The van der Waals surface area contributed by atoms with Crippen molar-refractivity contribution < 1.29 is 23.9 Å². The van der Waals surface area contributed by atoms with Crippen LogP contribution in [0.3, 0.4) is 0 Å². The first-order valence-corrected chi connectivity index (χ1v) is 5.26. The topological polar surface area (TPSA) is 84.0 Å². The Morgan fingerprint density at radius 2 is 1.82 bits per heavy atom. The Kier molecular flexibility index (Phi) is 3.82. The molecule has 0 bridgehead atoms. The van der Waals surface area contributed by atoms with Crippen molar-refractivity contribution in [1.82, 2.24) is 9.80 Å². The van der Waals surface area contributed by atoms with E-state index >= 15 is 0 Å². The third kappa shape index (κ3) is 2.43. The molecule has 0 aliphatic carbocycles. The van der Waals surface area contributed by atoms with Crippen LogP contribution in [0.4, 0.5) is 9.59 Å². The Hall–Kier alpha value is -1.92. The lowest BCUT2D eigenvalue weighted by Crippen LogP contribution is -2.38. The summed E-state index contributed by atoms with van der Waals surface area (Å²) in [5, 5.41) is 0. The number of hydrogen-bond acceptors (Lipinski definition) is 5. The summed E-state index contributed by atoms with van der Waals surface area (Å²) in [6.45, 7) is 5.27. The van der Waals surface area contributed by atoms with Gasteiger partial charge in [-0.1, -0.05) is 13.8 Å². The van der Waals surface area contributed by atoms with Gasteiger partial charge >= 0.3 is 23.9 Å². The number of nitrogens with zero attached hydrogens (tertiary/aromatic N) is 2. The number of hydrogen-bond donors (Lipinski definition) is 0. The number of carbonyl (C=O) groups excluding carboxylic acids is 4. The average molecular weight is 242 g/mol. The molecule has 17 heavy (non-hydrogen) atoms. The minimum absolute atomic E-state index is 0.0391. The molecule has 0 aromatic carbocycles. The Balaban J connectivity index is 2.78. The second-order valence-corrected chi connectivity index (χ2v) is 3.94. The number of carbonyl (C=O) groups is 4. The van der Waals surface area contributed by atoms with Crippen molar-refractivity contribution in [1.29, 1.82) is 0 Å². The van der Waals surface area contributed by atoms with E-state index in [1.807, 2.05) is 13.8 Å². The molecule has 5 amide bonds. The predicted octanol–water partition coefficient (Wildman–Crippen LogP) is 0.590. The maximum Gasteiger partial charge on any atom is 0.425 e. The van der Waals surface area contributed by atoms with E-state index in [4.69, 9.17) is 4.74 Å². The summed E-state index contributed by atoms with van der Waals surface area (Å²) in [5.74, 6) is -2.09. The SMILES string of the molecule is CCN1C(=O)C(=O)N(C(=O)OCC(C)C)C1=O. The Bertz CT molecular complexity index is 377. The Morgan fingerprint density at radius 1 is 1.24 bits per heavy atom. The van der Waals surface area contributed by atoms with Crippen LogP contribution in [0.15, 0.2) is 0 Å². The number of likely N-dealkylation sites (N-methyl/N-ethyl adjacent to an activating group) is 1. The minimum Gasteiger partial charge on any atom is -0.448 e. The van der Waals surface area contributed by atoms with Gasteiger partial charge in [-0.3, -0.25) is 14.5 Å². The second-order valence-electron chi connectivity index (χ2n) is 3.94. The van der Waals surface area contributed by atoms with E-state index in [0.29, 0.717) is 4.90 Å². The highest BCUT2D eigenvalue weighted by molar-refractivity contribution is 6.47. The molecule has 94 valence electrons. The third-order valence-electron chi connectivity index (χ3n) is 2.09. The fraction of sp³-hybridized carbons (Fsp3) is 0.600. The fourth-order valence-electron chi connectivity index (χ4n) is 1.25. The predicted molar refractivity (Wildman–Crippen MR) is 55.8 cm³/mol. The van der Waals surface area contributed by atoms with Crippen LogP contribution < -0.4 is 0 Å². The van der Waals surface area contributed by atoms with Crippen LogP contribution in [0.1, 0.15) is 20.8 Å². The molecule has 1 aliphatic heterocycles. The summed E-state index contributed by atoms with van der Waals surface area (Å²) in [6.07, 6.45) is -1.10. The molecule has 0 atom stereocenters. The summed E-state index contributed by atoms with van der Waals surface area (Å²) in [7, 11) is 0.